The fraction of sp³-hybridized carbons (Fsp3) is 0.182. The zero-order valence-electron chi connectivity index (χ0n) is 8.92. The molecule has 0 bridgehead atoms. The zero-order chi connectivity index (χ0) is 12.3. The molecule has 0 amide bonds. The van der Waals surface area contributed by atoms with Crippen LogP contribution in [0.2, 0.25) is 0 Å². The van der Waals surface area contributed by atoms with Gasteiger partial charge in [-0.2, -0.15) is 5.26 Å². The van der Waals surface area contributed by atoms with Gasteiger partial charge in [0.15, 0.2) is 0 Å². The lowest BCUT2D eigenvalue weighted by molar-refractivity contribution is 0.524. The molecule has 0 saturated carbocycles. The van der Waals surface area contributed by atoms with Crippen LogP contribution in [0.15, 0.2) is 30.6 Å². The molecule has 1 aromatic carbocycles. The van der Waals surface area contributed by atoms with Crippen molar-refractivity contribution in [3.63, 3.8) is 0 Å². The molecule has 2 rings (SSSR count). The summed E-state index contributed by atoms with van der Waals surface area (Å²) in [5, 5.41) is 12.6. The third-order valence-electron chi connectivity index (χ3n) is 2.38. The first-order valence-corrected chi connectivity index (χ1v) is 5.01. The summed E-state index contributed by atoms with van der Waals surface area (Å²) in [4.78, 5) is 3.79. The van der Waals surface area contributed by atoms with Gasteiger partial charge in [0.05, 0.1) is 6.04 Å². The first-order chi connectivity index (χ1) is 8.24. The van der Waals surface area contributed by atoms with Crippen molar-refractivity contribution in [3.05, 3.63) is 47.8 Å². The molecule has 0 fully saturated rings. The van der Waals surface area contributed by atoms with Gasteiger partial charge in [-0.25, -0.2) is 14.1 Å². The Morgan fingerprint density at radius 3 is 2.94 bits per heavy atom. The van der Waals surface area contributed by atoms with Gasteiger partial charge in [-0.15, -0.1) is 5.10 Å². The molecule has 0 saturated heterocycles. The summed E-state index contributed by atoms with van der Waals surface area (Å²) >= 11 is 0. The molecule has 0 spiro atoms. The Morgan fingerprint density at radius 1 is 1.53 bits per heavy atom. The van der Waals surface area contributed by atoms with Crippen molar-refractivity contribution in [2.24, 2.45) is 5.73 Å². The first-order valence-electron chi connectivity index (χ1n) is 5.01. The van der Waals surface area contributed by atoms with Gasteiger partial charge in [-0.3, -0.25) is 0 Å². The highest BCUT2D eigenvalue weighted by Crippen LogP contribution is 2.16. The quantitative estimate of drug-likeness (QED) is 0.848. The predicted molar refractivity (Wildman–Crippen MR) is 58.3 cm³/mol. The molecular formula is C11H10FN5. The molecular weight excluding hydrogens is 221 g/mol. The van der Waals surface area contributed by atoms with Gasteiger partial charge in [-0.05, 0) is 17.7 Å². The van der Waals surface area contributed by atoms with Crippen LogP contribution < -0.4 is 5.73 Å². The lowest BCUT2D eigenvalue weighted by Crippen LogP contribution is -2.21. The van der Waals surface area contributed by atoms with E-state index in [1.165, 1.54) is 23.1 Å². The second-order valence-electron chi connectivity index (χ2n) is 3.47. The van der Waals surface area contributed by atoms with Crippen LogP contribution in [0.1, 0.15) is 17.4 Å². The summed E-state index contributed by atoms with van der Waals surface area (Å²) in [5.41, 5.74) is 6.34. The highest BCUT2D eigenvalue weighted by atomic mass is 19.1. The maximum absolute atomic E-state index is 13.1. The van der Waals surface area contributed by atoms with Crippen molar-refractivity contribution in [3.8, 4) is 6.07 Å². The minimum Gasteiger partial charge on any atom is -0.328 e. The van der Waals surface area contributed by atoms with Crippen LogP contribution in [-0.4, -0.2) is 21.3 Å². The molecule has 1 heterocycles. The molecule has 0 aliphatic heterocycles. The predicted octanol–water partition coefficient (Wildman–Crippen LogP) is 0.837. The van der Waals surface area contributed by atoms with Crippen LogP contribution in [0.3, 0.4) is 0 Å². The Balaban J connectivity index is 2.37. The van der Waals surface area contributed by atoms with Gasteiger partial charge in [0.2, 0.25) is 0 Å². The number of rotatable bonds is 3. The van der Waals surface area contributed by atoms with E-state index < -0.39 is 0 Å². The van der Waals surface area contributed by atoms with E-state index in [0.717, 1.165) is 0 Å². The second-order valence-corrected chi connectivity index (χ2v) is 3.47. The summed E-state index contributed by atoms with van der Waals surface area (Å²) in [7, 11) is 0. The number of aromatic nitrogens is 3. The fourth-order valence-corrected chi connectivity index (χ4v) is 1.59. The number of nitriles is 1. The third-order valence-corrected chi connectivity index (χ3v) is 2.38. The van der Waals surface area contributed by atoms with E-state index in [1.54, 1.807) is 12.1 Å². The Hall–Kier alpha value is -2.26. The lowest BCUT2D eigenvalue weighted by Gasteiger charge is -2.14. The number of hydrogen-bond donors (Lipinski definition) is 1. The van der Waals surface area contributed by atoms with Crippen molar-refractivity contribution in [2.45, 2.75) is 6.04 Å². The standard InChI is InChI=1S/C11H10FN5/c12-9-3-1-2-8(4-9)10(5-13)17-7-15-11(6-14)16-17/h1-4,7,10H,5,13H2. The van der Waals surface area contributed by atoms with Gasteiger partial charge in [0.25, 0.3) is 5.82 Å². The molecule has 0 aliphatic rings. The minimum absolute atomic E-state index is 0.0693. The van der Waals surface area contributed by atoms with E-state index >= 15 is 0 Å². The highest BCUT2D eigenvalue weighted by Gasteiger charge is 2.14. The summed E-state index contributed by atoms with van der Waals surface area (Å²) in [6, 6.07) is 7.63. The lowest BCUT2D eigenvalue weighted by atomic mass is 10.1. The SMILES string of the molecule is N#Cc1ncn(C(CN)c2cccc(F)c2)n1. The molecule has 6 heteroatoms. The Labute approximate surface area is 97.3 Å². The fourth-order valence-electron chi connectivity index (χ4n) is 1.59. The summed E-state index contributed by atoms with van der Waals surface area (Å²) in [5.74, 6) is -0.263. The molecule has 1 unspecified atom stereocenters. The largest absolute Gasteiger partial charge is 0.328 e. The minimum atomic E-state index is -0.332. The van der Waals surface area contributed by atoms with E-state index in [9.17, 15) is 4.39 Å². The number of benzene rings is 1. The normalized spacial score (nSPS) is 12.1. The molecule has 0 aliphatic carbocycles. The van der Waals surface area contributed by atoms with Crippen LogP contribution in [0.5, 0.6) is 0 Å². The van der Waals surface area contributed by atoms with E-state index in [0.29, 0.717) is 5.56 Å². The molecule has 17 heavy (non-hydrogen) atoms. The number of halogens is 1. The topological polar surface area (TPSA) is 80.5 Å². The maximum atomic E-state index is 13.1. The molecule has 86 valence electrons. The summed E-state index contributed by atoms with van der Waals surface area (Å²) in [6.45, 7) is 0.248. The van der Waals surface area contributed by atoms with Crippen LogP contribution in [0.25, 0.3) is 0 Å². The number of nitrogens with zero attached hydrogens (tertiary/aromatic N) is 4. The van der Waals surface area contributed by atoms with E-state index in [-0.39, 0.29) is 24.2 Å². The number of nitrogens with two attached hydrogens (primary N) is 1. The Bertz CT molecular complexity index is 557. The van der Waals surface area contributed by atoms with Crippen LogP contribution >= 0.6 is 0 Å². The average Bonchev–Trinajstić information content (AvgIpc) is 2.79. The average molecular weight is 231 g/mol. The molecule has 1 atom stereocenters. The molecule has 5 nitrogen and oxygen atoms in total. The van der Waals surface area contributed by atoms with Crippen molar-refractivity contribution < 1.29 is 4.39 Å². The van der Waals surface area contributed by atoms with Gasteiger partial charge in [-0.1, -0.05) is 12.1 Å². The van der Waals surface area contributed by atoms with Gasteiger partial charge < -0.3 is 5.73 Å². The Kier molecular flexibility index (Phi) is 3.12. The third kappa shape index (κ3) is 2.29. The summed E-state index contributed by atoms with van der Waals surface area (Å²) in [6.07, 6.45) is 1.42. The monoisotopic (exact) mass is 231 g/mol. The first kappa shape index (κ1) is 11.2. The number of hydrogen-bond acceptors (Lipinski definition) is 4. The van der Waals surface area contributed by atoms with Crippen LogP contribution in [0.4, 0.5) is 4.39 Å². The Morgan fingerprint density at radius 2 is 2.35 bits per heavy atom. The van der Waals surface area contributed by atoms with Crippen molar-refractivity contribution in [1.29, 1.82) is 5.26 Å². The maximum Gasteiger partial charge on any atom is 0.252 e. The highest BCUT2D eigenvalue weighted by molar-refractivity contribution is 5.21. The van der Waals surface area contributed by atoms with Crippen LogP contribution in [0, 0.1) is 17.1 Å². The molecule has 2 aromatic rings. The zero-order valence-corrected chi connectivity index (χ0v) is 8.92. The van der Waals surface area contributed by atoms with Gasteiger partial charge in [0, 0.05) is 6.54 Å². The van der Waals surface area contributed by atoms with Gasteiger partial charge >= 0.3 is 0 Å². The van der Waals surface area contributed by atoms with E-state index in [1.807, 2.05) is 6.07 Å². The molecule has 0 radical (unpaired) electrons. The summed E-state index contributed by atoms with van der Waals surface area (Å²) < 4.78 is 14.6. The van der Waals surface area contributed by atoms with E-state index in [4.69, 9.17) is 11.0 Å². The van der Waals surface area contributed by atoms with Crippen molar-refractivity contribution in [1.82, 2.24) is 14.8 Å². The molecule has 1 aromatic heterocycles. The smallest absolute Gasteiger partial charge is 0.252 e. The van der Waals surface area contributed by atoms with E-state index in [2.05, 4.69) is 10.1 Å². The van der Waals surface area contributed by atoms with Crippen LogP contribution in [-0.2, 0) is 0 Å². The van der Waals surface area contributed by atoms with Crippen molar-refractivity contribution in [2.75, 3.05) is 6.54 Å². The van der Waals surface area contributed by atoms with Gasteiger partial charge in [0.1, 0.15) is 18.2 Å². The second kappa shape index (κ2) is 4.72. The van der Waals surface area contributed by atoms with Crippen molar-refractivity contribution >= 4 is 0 Å². The molecule has 2 N–H and O–H groups in total.